The predicted molar refractivity (Wildman–Crippen MR) is 112 cm³/mol. The molecule has 0 heterocycles. The fourth-order valence-corrected chi connectivity index (χ4v) is 3.06. The van der Waals surface area contributed by atoms with Gasteiger partial charge in [0, 0.05) is 12.6 Å². The van der Waals surface area contributed by atoms with Gasteiger partial charge in [-0.05, 0) is 49.8 Å². The van der Waals surface area contributed by atoms with Gasteiger partial charge in [-0.1, -0.05) is 43.1 Å². The van der Waals surface area contributed by atoms with E-state index in [2.05, 4.69) is 18.7 Å². The van der Waals surface area contributed by atoms with Crippen molar-refractivity contribution in [1.29, 1.82) is 0 Å². The molecule has 0 fully saturated rings. The number of hydrogen-bond donors (Lipinski definition) is 0. The van der Waals surface area contributed by atoms with Gasteiger partial charge in [0.05, 0.1) is 10.0 Å². The summed E-state index contributed by atoms with van der Waals surface area (Å²) in [5, 5.41) is 1.14. The maximum absolute atomic E-state index is 6.29. The van der Waals surface area contributed by atoms with E-state index >= 15 is 0 Å². The van der Waals surface area contributed by atoms with Crippen LogP contribution < -0.4 is 14.2 Å². The van der Waals surface area contributed by atoms with Crippen LogP contribution in [-0.2, 0) is 0 Å². The zero-order valence-electron chi connectivity index (χ0n) is 16.1. The number of likely N-dealkylation sites (N-methyl/N-ethyl adjacent to an activating group) is 1. The summed E-state index contributed by atoms with van der Waals surface area (Å²) in [5.74, 6) is 1.99. The zero-order valence-corrected chi connectivity index (χ0v) is 17.6. The first kappa shape index (κ1) is 21.7. The molecule has 0 unspecified atom stereocenters. The molecule has 27 heavy (non-hydrogen) atoms. The van der Waals surface area contributed by atoms with Crippen LogP contribution in [0.1, 0.15) is 19.4 Å². The summed E-state index contributed by atoms with van der Waals surface area (Å²) >= 11 is 12.4. The third-order valence-electron chi connectivity index (χ3n) is 4.16. The molecule has 0 N–H and O–H groups in total. The van der Waals surface area contributed by atoms with E-state index < -0.39 is 0 Å². The van der Waals surface area contributed by atoms with Gasteiger partial charge in [-0.25, -0.2) is 0 Å². The van der Waals surface area contributed by atoms with Gasteiger partial charge in [0.2, 0.25) is 0 Å². The highest BCUT2D eigenvalue weighted by molar-refractivity contribution is 6.32. The molecule has 0 bridgehead atoms. The number of halogens is 2. The molecule has 2 aromatic carbocycles. The molecule has 0 spiro atoms. The number of ether oxygens (including phenoxy) is 3. The standard InChI is InChI=1S/C21H27Cl2NO3/c1-4-24(5-2)10-11-26-21-9-7-17(15-19(21)23)25-12-13-27-20-8-6-16(3)14-18(20)22/h6-9,14-15H,4-5,10-13H2,1-3H3. The molecule has 0 amide bonds. The molecule has 2 rings (SSSR count). The molecule has 4 nitrogen and oxygen atoms in total. The Hall–Kier alpha value is -1.62. The highest BCUT2D eigenvalue weighted by Crippen LogP contribution is 2.29. The third-order valence-corrected chi connectivity index (χ3v) is 4.75. The summed E-state index contributed by atoms with van der Waals surface area (Å²) in [4.78, 5) is 2.30. The highest BCUT2D eigenvalue weighted by atomic mass is 35.5. The zero-order chi connectivity index (χ0) is 19.6. The van der Waals surface area contributed by atoms with Crippen molar-refractivity contribution in [2.75, 3.05) is 39.5 Å². The minimum Gasteiger partial charge on any atom is -0.491 e. The monoisotopic (exact) mass is 411 g/mol. The molecule has 0 aliphatic carbocycles. The Kier molecular flexibility index (Phi) is 9.05. The van der Waals surface area contributed by atoms with Crippen LogP contribution >= 0.6 is 23.2 Å². The number of benzene rings is 2. The Labute approximate surface area is 171 Å². The van der Waals surface area contributed by atoms with Crippen LogP contribution in [0.25, 0.3) is 0 Å². The molecule has 0 saturated carbocycles. The van der Waals surface area contributed by atoms with E-state index in [4.69, 9.17) is 37.4 Å². The lowest BCUT2D eigenvalue weighted by atomic mass is 10.2. The predicted octanol–water partition coefficient (Wildman–Crippen LogP) is 5.48. The Balaban J connectivity index is 1.76. The fourth-order valence-electron chi connectivity index (χ4n) is 2.55. The highest BCUT2D eigenvalue weighted by Gasteiger charge is 2.06. The van der Waals surface area contributed by atoms with Crippen molar-refractivity contribution in [3.05, 3.63) is 52.0 Å². The van der Waals surface area contributed by atoms with Crippen molar-refractivity contribution in [3.63, 3.8) is 0 Å². The van der Waals surface area contributed by atoms with Gasteiger partial charge in [0.1, 0.15) is 37.1 Å². The summed E-state index contributed by atoms with van der Waals surface area (Å²) in [6.45, 7) is 10.5. The van der Waals surface area contributed by atoms with Crippen molar-refractivity contribution in [3.8, 4) is 17.2 Å². The van der Waals surface area contributed by atoms with Crippen LogP contribution in [0.4, 0.5) is 0 Å². The van der Waals surface area contributed by atoms with E-state index in [9.17, 15) is 0 Å². The van der Waals surface area contributed by atoms with Crippen molar-refractivity contribution in [1.82, 2.24) is 4.90 Å². The summed E-state index contributed by atoms with van der Waals surface area (Å²) in [5.41, 5.74) is 1.10. The van der Waals surface area contributed by atoms with Gasteiger partial charge in [0.25, 0.3) is 0 Å². The molecular weight excluding hydrogens is 385 g/mol. The molecule has 148 valence electrons. The number of nitrogens with zero attached hydrogens (tertiary/aromatic N) is 1. The number of hydrogen-bond acceptors (Lipinski definition) is 4. The topological polar surface area (TPSA) is 30.9 Å². The van der Waals surface area contributed by atoms with E-state index in [1.807, 2.05) is 37.3 Å². The summed E-state index contributed by atoms with van der Waals surface area (Å²) in [6, 6.07) is 11.1. The smallest absolute Gasteiger partial charge is 0.138 e. The maximum Gasteiger partial charge on any atom is 0.138 e. The van der Waals surface area contributed by atoms with Crippen molar-refractivity contribution < 1.29 is 14.2 Å². The van der Waals surface area contributed by atoms with E-state index in [1.165, 1.54) is 0 Å². The van der Waals surface area contributed by atoms with E-state index in [-0.39, 0.29) is 0 Å². The van der Waals surface area contributed by atoms with Crippen LogP contribution in [0.3, 0.4) is 0 Å². The second-order valence-corrected chi connectivity index (χ2v) is 6.91. The van der Waals surface area contributed by atoms with Crippen LogP contribution in [-0.4, -0.2) is 44.4 Å². The molecule has 0 atom stereocenters. The minimum atomic E-state index is 0.391. The van der Waals surface area contributed by atoms with Gasteiger partial charge in [0.15, 0.2) is 0 Å². The molecule has 0 aliphatic rings. The Bertz CT molecular complexity index is 721. The van der Waals surface area contributed by atoms with Gasteiger partial charge in [-0.3, -0.25) is 0 Å². The average Bonchev–Trinajstić information content (AvgIpc) is 2.65. The van der Waals surface area contributed by atoms with Crippen LogP contribution in [0.15, 0.2) is 36.4 Å². The summed E-state index contributed by atoms with van der Waals surface area (Å²) < 4.78 is 17.1. The van der Waals surface area contributed by atoms with Crippen LogP contribution in [0.2, 0.25) is 10.0 Å². The van der Waals surface area contributed by atoms with Gasteiger partial charge < -0.3 is 19.1 Å². The summed E-state index contributed by atoms with van der Waals surface area (Å²) in [6.07, 6.45) is 0. The summed E-state index contributed by atoms with van der Waals surface area (Å²) in [7, 11) is 0. The third kappa shape index (κ3) is 7.13. The van der Waals surface area contributed by atoms with E-state index in [0.717, 1.165) is 25.2 Å². The van der Waals surface area contributed by atoms with Crippen LogP contribution in [0, 0.1) is 6.92 Å². The minimum absolute atomic E-state index is 0.391. The number of aryl methyl sites for hydroxylation is 1. The quantitative estimate of drug-likeness (QED) is 0.458. The molecular formula is C21H27Cl2NO3. The SMILES string of the molecule is CCN(CC)CCOc1ccc(OCCOc2ccc(C)cc2Cl)cc1Cl. The van der Waals surface area contributed by atoms with Gasteiger partial charge in [-0.15, -0.1) is 0 Å². The Morgan fingerprint density at radius 2 is 1.37 bits per heavy atom. The first-order valence-electron chi connectivity index (χ1n) is 9.20. The average molecular weight is 412 g/mol. The molecule has 0 radical (unpaired) electrons. The molecule has 0 aliphatic heterocycles. The van der Waals surface area contributed by atoms with Crippen molar-refractivity contribution in [2.24, 2.45) is 0 Å². The fraction of sp³-hybridized carbons (Fsp3) is 0.429. The van der Waals surface area contributed by atoms with Crippen molar-refractivity contribution >= 4 is 23.2 Å². The molecule has 0 saturated heterocycles. The number of rotatable bonds is 11. The Morgan fingerprint density at radius 1 is 0.778 bits per heavy atom. The van der Waals surface area contributed by atoms with Gasteiger partial charge in [-0.2, -0.15) is 0 Å². The maximum atomic E-state index is 6.29. The van der Waals surface area contributed by atoms with Crippen LogP contribution in [0.5, 0.6) is 17.2 Å². The normalized spacial score (nSPS) is 10.9. The second kappa shape index (κ2) is 11.3. The first-order chi connectivity index (χ1) is 13.0. The molecule has 6 heteroatoms. The lowest BCUT2D eigenvalue weighted by Crippen LogP contribution is -2.27. The van der Waals surface area contributed by atoms with Crippen molar-refractivity contribution in [2.45, 2.75) is 20.8 Å². The van der Waals surface area contributed by atoms with Gasteiger partial charge >= 0.3 is 0 Å². The van der Waals surface area contributed by atoms with E-state index in [0.29, 0.717) is 47.1 Å². The molecule has 2 aromatic rings. The Morgan fingerprint density at radius 3 is 2.00 bits per heavy atom. The van der Waals surface area contributed by atoms with E-state index in [1.54, 1.807) is 6.07 Å². The first-order valence-corrected chi connectivity index (χ1v) is 9.95. The largest absolute Gasteiger partial charge is 0.491 e. The lowest BCUT2D eigenvalue weighted by Gasteiger charge is -2.18. The second-order valence-electron chi connectivity index (χ2n) is 6.10. The molecule has 0 aromatic heterocycles. The lowest BCUT2D eigenvalue weighted by molar-refractivity contribution is 0.215.